The molecule has 0 aliphatic carbocycles. The van der Waals surface area contributed by atoms with Gasteiger partial charge in [0.25, 0.3) is 0 Å². The van der Waals surface area contributed by atoms with Crippen LogP contribution in [-0.2, 0) is 0 Å². The average molecular weight is 365 g/mol. The van der Waals surface area contributed by atoms with Gasteiger partial charge >= 0.3 is 0 Å². The highest BCUT2D eigenvalue weighted by Crippen LogP contribution is 2.35. The van der Waals surface area contributed by atoms with Crippen molar-refractivity contribution in [3.63, 3.8) is 0 Å². The van der Waals surface area contributed by atoms with Crippen LogP contribution in [0.1, 0.15) is 33.3 Å². The van der Waals surface area contributed by atoms with Crippen molar-refractivity contribution in [1.82, 2.24) is 4.98 Å². The molecule has 2 aromatic carbocycles. The van der Waals surface area contributed by atoms with Crippen LogP contribution in [0.2, 0.25) is 0 Å². The number of thioether (sulfide) groups is 1. The predicted octanol–water partition coefficient (Wildman–Crippen LogP) is 5.84. The van der Waals surface area contributed by atoms with Gasteiger partial charge in [0.05, 0.1) is 5.52 Å². The summed E-state index contributed by atoms with van der Waals surface area (Å²) in [4.78, 5) is 5.69. The van der Waals surface area contributed by atoms with Gasteiger partial charge in [0.15, 0.2) is 0 Å². The molecule has 26 heavy (non-hydrogen) atoms. The molecule has 4 N–H and O–H groups in total. The van der Waals surface area contributed by atoms with Crippen LogP contribution in [0.4, 0.5) is 17.1 Å². The molecule has 0 saturated heterocycles. The van der Waals surface area contributed by atoms with Gasteiger partial charge in [-0.15, -0.1) is 11.8 Å². The number of anilines is 3. The lowest BCUT2D eigenvalue weighted by atomic mass is 10.1. The number of aromatic nitrogens is 1. The van der Waals surface area contributed by atoms with E-state index >= 15 is 0 Å². The molecular formula is C21H24N4S. The SMILES string of the molecule is CC(=N)c1ccc(Nc2ccnc3ccc(SC(C)(C)C)cc23)cc1N. The molecule has 0 saturated carbocycles. The first kappa shape index (κ1) is 18.3. The Kier molecular flexibility index (Phi) is 4.92. The first-order chi connectivity index (χ1) is 12.2. The second-order valence-corrected chi connectivity index (χ2v) is 9.20. The van der Waals surface area contributed by atoms with E-state index in [0.717, 1.165) is 27.8 Å². The van der Waals surface area contributed by atoms with Crippen LogP contribution in [-0.4, -0.2) is 15.4 Å². The summed E-state index contributed by atoms with van der Waals surface area (Å²) in [5, 5.41) is 12.3. The third-order valence-corrected chi connectivity index (χ3v) is 4.97. The third kappa shape index (κ3) is 4.17. The number of pyridine rings is 1. The second kappa shape index (κ2) is 7.00. The number of nitrogen functional groups attached to an aromatic ring is 1. The maximum atomic E-state index is 7.76. The average Bonchev–Trinajstić information content (AvgIpc) is 2.53. The minimum atomic E-state index is 0.151. The highest BCUT2D eigenvalue weighted by molar-refractivity contribution is 8.00. The lowest BCUT2D eigenvalue weighted by Crippen LogP contribution is -2.06. The monoisotopic (exact) mass is 364 g/mol. The third-order valence-electron chi connectivity index (χ3n) is 3.87. The minimum Gasteiger partial charge on any atom is -0.398 e. The summed E-state index contributed by atoms with van der Waals surface area (Å²) in [6.07, 6.45) is 1.81. The Morgan fingerprint density at radius 3 is 2.54 bits per heavy atom. The molecule has 0 fully saturated rings. The molecule has 1 heterocycles. The Bertz CT molecular complexity index is 973. The molecule has 0 amide bonds. The number of rotatable bonds is 4. The van der Waals surface area contributed by atoms with Crippen molar-refractivity contribution in [3.8, 4) is 0 Å². The van der Waals surface area contributed by atoms with Crippen LogP contribution in [0.5, 0.6) is 0 Å². The predicted molar refractivity (Wildman–Crippen MR) is 114 cm³/mol. The van der Waals surface area contributed by atoms with Gasteiger partial charge in [0.1, 0.15) is 0 Å². The van der Waals surface area contributed by atoms with Crippen LogP contribution < -0.4 is 11.1 Å². The largest absolute Gasteiger partial charge is 0.398 e. The van der Waals surface area contributed by atoms with Crippen LogP contribution in [0.15, 0.2) is 53.6 Å². The van der Waals surface area contributed by atoms with Crippen molar-refractivity contribution in [2.45, 2.75) is 37.3 Å². The Labute approximate surface area is 158 Å². The number of nitrogens with two attached hydrogens (primary N) is 1. The lowest BCUT2D eigenvalue weighted by Gasteiger charge is -2.18. The first-order valence-corrected chi connectivity index (χ1v) is 9.34. The van der Waals surface area contributed by atoms with E-state index in [9.17, 15) is 0 Å². The van der Waals surface area contributed by atoms with E-state index in [1.54, 1.807) is 13.1 Å². The highest BCUT2D eigenvalue weighted by Gasteiger charge is 2.13. The summed E-state index contributed by atoms with van der Waals surface area (Å²) in [6.45, 7) is 8.36. The van der Waals surface area contributed by atoms with Gasteiger partial charge in [0, 0.05) is 49.6 Å². The molecule has 0 unspecified atom stereocenters. The Hall–Kier alpha value is -2.53. The van der Waals surface area contributed by atoms with Crippen molar-refractivity contribution in [3.05, 3.63) is 54.2 Å². The summed E-state index contributed by atoms with van der Waals surface area (Å²) in [7, 11) is 0. The van der Waals surface area contributed by atoms with Crippen LogP contribution in [0, 0.1) is 5.41 Å². The van der Waals surface area contributed by atoms with Crippen molar-refractivity contribution >= 4 is 45.4 Å². The molecule has 4 nitrogen and oxygen atoms in total. The van der Waals surface area contributed by atoms with Gasteiger partial charge in [-0.05, 0) is 49.4 Å². The molecule has 3 rings (SSSR count). The second-order valence-electron chi connectivity index (χ2n) is 7.30. The molecule has 5 heteroatoms. The lowest BCUT2D eigenvalue weighted by molar-refractivity contribution is 0.803. The van der Waals surface area contributed by atoms with E-state index in [-0.39, 0.29) is 4.75 Å². The highest BCUT2D eigenvalue weighted by atomic mass is 32.2. The van der Waals surface area contributed by atoms with Gasteiger partial charge < -0.3 is 16.5 Å². The maximum absolute atomic E-state index is 7.76. The van der Waals surface area contributed by atoms with E-state index in [1.165, 1.54) is 4.90 Å². The van der Waals surface area contributed by atoms with Crippen molar-refractivity contribution < 1.29 is 0 Å². The van der Waals surface area contributed by atoms with Crippen molar-refractivity contribution in [2.24, 2.45) is 0 Å². The summed E-state index contributed by atoms with van der Waals surface area (Å²) in [5.74, 6) is 0. The van der Waals surface area contributed by atoms with E-state index < -0.39 is 0 Å². The molecule has 0 spiro atoms. The fraction of sp³-hybridized carbons (Fsp3) is 0.238. The summed E-state index contributed by atoms with van der Waals surface area (Å²) in [6, 6.07) is 14.0. The van der Waals surface area contributed by atoms with Crippen LogP contribution in [0.25, 0.3) is 10.9 Å². The topological polar surface area (TPSA) is 74.8 Å². The fourth-order valence-corrected chi connectivity index (χ4v) is 3.81. The Morgan fingerprint density at radius 1 is 1.12 bits per heavy atom. The number of fused-ring (bicyclic) bond motifs is 1. The molecular weight excluding hydrogens is 340 g/mol. The smallest absolute Gasteiger partial charge is 0.0723 e. The molecule has 134 valence electrons. The zero-order valence-electron chi connectivity index (χ0n) is 15.6. The molecule has 0 aliphatic rings. The molecule has 0 atom stereocenters. The van der Waals surface area contributed by atoms with Gasteiger partial charge in [-0.1, -0.05) is 20.8 Å². The van der Waals surface area contributed by atoms with Gasteiger partial charge in [-0.2, -0.15) is 0 Å². The van der Waals surface area contributed by atoms with E-state index in [1.807, 2.05) is 36.0 Å². The molecule has 0 aliphatic heterocycles. The maximum Gasteiger partial charge on any atom is 0.0723 e. The number of hydrogen-bond acceptors (Lipinski definition) is 5. The number of nitrogens with zero attached hydrogens (tertiary/aromatic N) is 1. The first-order valence-electron chi connectivity index (χ1n) is 8.53. The molecule has 1 aromatic heterocycles. The van der Waals surface area contributed by atoms with Crippen molar-refractivity contribution in [2.75, 3.05) is 11.1 Å². The van der Waals surface area contributed by atoms with E-state index in [2.05, 4.69) is 49.3 Å². The number of benzene rings is 2. The summed E-state index contributed by atoms with van der Waals surface area (Å²) >= 11 is 1.84. The van der Waals surface area contributed by atoms with E-state index in [0.29, 0.717) is 11.4 Å². The quantitative estimate of drug-likeness (QED) is 0.309. The molecule has 3 aromatic rings. The van der Waals surface area contributed by atoms with Crippen LogP contribution >= 0.6 is 11.8 Å². The zero-order valence-corrected chi connectivity index (χ0v) is 16.4. The van der Waals surface area contributed by atoms with E-state index in [4.69, 9.17) is 11.1 Å². The Morgan fingerprint density at radius 2 is 1.88 bits per heavy atom. The number of hydrogen-bond donors (Lipinski definition) is 3. The number of nitrogens with one attached hydrogen (secondary N) is 2. The van der Waals surface area contributed by atoms with Crippen molar-refractivity contribution in [1.29, 1.82) is 5.41 Å². The van der Waals surface area contributed by atoms with Gasteiger partial charge in [-0.3, -0.25) is 4.98 Å². The standard InChI is InChI=1S/C21H24N4S/c1-13(22)16-7-5-14(11-18(16)23)25-20-9-10-24-19-8-6-15(12-17(19)20)26-21(2,3)4/h5-12,22H,23H2,1-4H3,(H,24,25). The normalized spacial score (nSPS) is 11.5. The fourth-order valence-electron chi connectivity index (χ4n) is 2.79. The molecule has 0 bridgehead atoms. The zero-order chi connectivity index (χ0) is 18.9. The molecule has 0 radical (unpaired) electrons. The Balaban J connectivity index is 1.98. The summed E-state index contributed by atoms with van der Waals surface area (Å²) < 4.78 is 0.151. The van der Waals surface area contributed by atoms with Gasteiger partial charge in [-0.25, -0.2) is 0 Å². The minimum absolute atomic E-state index is 0.151. The van der Waals surface area contributed by atoms with Gasteiger partial charge in [0.2, 0.25) is 0 Å². The summed E-state index contributed by atoms with van der Waals surface area (Å²) in [5.41, 5.74) is 10.8. The van der Waals surface area contributed by atoms with Crippen LogP contribution in [0.3, 0.4) is 0 Å².